The van der Waals surface area contributed by atoms with E-state index >= 15 is 0 Å². The number of nitrogens with one attached hydrogen (secondary N) is 1. The maximum absolute atomic E-state index is 7.53. The lowest BCUT2D eigenvalue weighted by Crippen LogP contribution is -2.13. The average Bonchev–Trinajstić information content (AvgIpc) is 2.32. The third-order valence-electron chi connectivity index (χ3n) is 2.19. The van der Waals surface area contributed by atoms with E-state index < -0.39 is 0 Å². The number of pyridine rings is 2. The Bertz CT molecular complexity index is 583. The molecule has 0 saturated heterocycles. The number of halogens is 1. The summed E-state index contributed by atoms with van der Waals surface area (Å²) in [7, 11) is 0. The zero-order chi connectivity index (χ0) is 13.1. The Kier molecular flexibility index (Phi) is 3.84. The quantitative estimate of drug-likeness (QED) is 0.669. The van der Waals surface area contributed by atoms with E-state index in [9.17, 15) is 0 Å². The van der Waals surface area contributed by atoms with Gasteiger partial charge in [-0.25, -0.2) is 9.97 Å². The molecule has 0 spiro atoms. The van der Waals surface area contributed by atoms with E-state index in [0.29, 0.717) is 15.6 Å². The van der Waals surface area contributed by atoms with Crippen LogP contribution in [0.25, 0.3) is 0 Å². The molecule has 6 heteroatoms. The summed E-state index contributed by atoms with van der Waals surface area (Å²) in [5.41, 5.74) is 7.02. The summed E-state index contributed by atoms with van der Waals surface area (Å²) < 4.78 is 0. The first-order chi connectivity index (χ1) is 8.56. The van der Waals surface area contributed by atoms with Gasteiger partial charge in [0.2, 0.25) is 0 Å². The SMILES string of the molecule is Cc1ccc(C(=N)N)c(Sc2ccc(Cl)cn2)n1. The molecule has 2 aromatic rings. The smallest absolute Gasteiger partial charge is 0.125 e. The van der Waals surface area contributed by atoms with E-state index in [1.165, 1.54) is 11.8 Å². The Morgan fingerprint density at radius 2 is 2.11 bits per heavy atom. The van der Waals surface area contributed by atoms with Crippen molar-refractivity contribution >= 4 is 29.2 Å². The highest BCUT2D eigenvalue weighted by Crippen LogP contribution is 2.28. The van der Waals surface area contributed by atoms with Crippen LogP contribution in [0.15, 0.2) is 40.5 Å². The maximum atomic E-state index is 7.53. The Morgan fingerprint density at radius 3 is 2.72 bits per heavy atom. The monoisotopic (exact) mass is 278 g/mol. The lowest BCUT2D eigenvalue weighted by molar-refractivity contribution is 1.04. The fourth-order valence-electron chi connectivity index (χ4n) is 1.34. The summed E-state index contributed by atoms with van der Waals surface area (Å²) in [6, 6.07) is 7.19. The van der Waals surface area contributed by atoms with Gasteiger partial charge in [0.25, 0.3) is 0 Å². The largest absolute Gasteiger partial charge is 0.384 e. The molecule has 0 aliphatic heterocycles. The molecule has 0 aliphatic rings. The van der Waals surface area contributed by atoms with E-state index in [1.54, 1.807) is 24.4 Å². The summed E-state index contributed by atoms with van der Waals surface area (Å²) >= 11 is 7.14. The third-order valence-corrected chi connectivity index (χ3v) is 3.37. The number of nitrogens with zero attached hydrogens (tertiary/aromatic N) is 2. The van der Waals surface area contributed by atoms with Crippen LogP contribution >= 0.6 is 23.4 Å². The van der Waals surface area contributed by atoms with Crippen LogP contribution in [0.2, 0.25) is 5.02 Å². The molecule has 0 bridgehead atoms. The molecule has 0 aliphatic carbocycles. The van der Waals surface area contributed by atoms with E-state index in [4.69, 9.17) is 22.7 Å². The Hall–Kier alpha value is -1.59. The van der Waals surface area contributed by atoms with Crippen LogP contribution in [0.1, 0.15) is 11.3 Å². The maximum Gasteiger partial charge on any atom is 0.125 e. The van der Waals surface area contributed by atoms with Crippen molar-refractivity contribution in [1.82, 2.24) is 9.97 Å². The number of nitrogen functional groups attached to an aromatic ring is 1. The third kappa shape index (κ3) is 3.00. The van der Waals surface area contributed by atoms with Crippen LogP contribution in [0.5, 0.6) is 0 Å². The fourth-order valence-corrected chi connectivity index (χ4v) is 2.37. The highest BCUT2D eigenvalue weighted by molar-refractivity contribution is 7.99. The van der Waals surface area contributed by atoms with Crippen molar-refractivity contribution < 1.29 is 0 Å². The number of nitrogens with two attached hydrogens (primary N) is 1. The van der Waals surface area contributed by atoms with Gasteiger partial charge in [0.15, 0.2) is 0 Å². The molecule has 0 aromatic carbocycles. The molecule has 0 amide bonds. The van der Waals surface area contributed by atoms with E-state index in [-0.39, 0.29) is 5.84 Å². The van der Waals surface area contributed by atoms with Crippen molar-refractivity contribution in [2.45, 2.75) is 17.0 Å². The summed E-state index contributed by atoms with van der Waals surface area (Å²) in [5.74, 6) is -0.000960. The van der Waals surface area contributed by atoms with Crippen molar-refractivity contribution in [2.24, 2.45) is 5.73 Å². The van der Waals surface area contributed by atoms with E-state index in [0.717, 1.165) is 10.7 Å². The van der Waals surface area contributed by atoms with Gasteiger partial charge in [0.05, 0.1) is 5.02 Å². The number of amidine groups is 1. The van der Waals surface area contributed by atoms with Gasteiger partial charge < -0.3 is 5.73 Å². The standard InChI is InChI=1S/C12H11ClN4S/c1-7-2-4-9(11(14)15)12(17-7)18-10-5-3-8(13)6-16-10/h2-6H,1H3,(H3,14,15). The molecule has 2 aromatic heterocycles. The van der Waals surface area contributed by atoms with Crippen LogP contribution in [-0.2, 0) is 0 Å². The van der Waals surface area contributed by atoms with E-state index in [1.807, 2.05) is 13.0 Å². The molecule has 2 rings (SSSR count). The lowest BCUT2D eigenvalue weighted by Gasteiger charge is -2.07. The summed E-state index contributed by atoms with van der Waals surface area (Å²) in [4.78, 5) is 8.56. The minimum atomic E-state index is -0.000960. The van der Waals surface area contributed by atoms with Gasteiger partial charge in [-0.1, -0.05) is 11.6 Å². The highest BCUT2D eigenvalue weighted by Gasteiger charge is 2.09. The van der Waals surface area contributed by atoms with Gasteiger partial charge in [0.1, 0.15) is 15.9 Å². The summed E-state index contributed by atoms with van der Waals surface area (Å²) in [5, 5.41) is 9.56. The minimum Gasteiger partial charge on any atom is -0.384 e. The molecule has 18 heavy (non-hydrogen) atoms. The Balaban J connectivity index is 2.35. The zero-order valence-electron chi connectivity index (χ0n) is 9.64. The van der Waals surface area contributed by atoms with Crippen molar-refractivity contribution in [3.05, 3.63) is 46.7 Å². The van der Waals surface area contributed by atoms with Gasteiger partial charge in [-0.15, -0.1) is 0 Å². The molecule has 2 heterocycles. The first kappa shape index (κ1) is 12.9. The summed E-state index contributed by atoms with van der Waals surface area (Å²) in [6.45, 7) is 1.89. The predicted molar refractivity (Wildman–Crippen MR) is 73.4 cm³/mol. The molecule has 4 nitrogen and oxygen atoms in total. The van der Waals surface area contributed by atoms with Crippen LogP contribution in [0, 0.1) is 12.3 Å². The topological polar surface area (TPSA) is 75.7 Å². The molecule has 92 valence electrons. The molecule has 3 N–H and O–H groups in total. The Morgan fingerprint density at radius 1 is 1.33 bits per heavy atom. The predicted octanol–water partition coefficient (Wildman–Crippen LogP) is 2.87. The highest BCUT2D eigenvalue weighted by atomic mass is 35.5. The van der Waals surface area contributed by atoms with Gasteiger partial charge in [-0.3, -0.25) is 5.41 Å². The van der Waals surface area contributed by atoms with Gasteiger partial charge in [-0.2, -0.15) is 0 Å². The van der Waals surface area contributed by atoms with Crippen LogP contribution in [0.4, 0.5) is 0 Å². The Labute approximate surface area is 114 Å². The lowest BCUT2D eigenvalue weighted by atomic mass is 10.2. The second kappa shape index (κ2) is 5.37. The molecule has 0 fully saturated rings. The minimum absolute atomic E-state index is 0.000960. The van der Waals surface area contributed by atoms with Crippen LogP contribution < -0.4 is 5.73 Å². The second-order valence-corrected chi connectivity index (χ2v) is 5.08. The average molecular weight is 279 g/mol. The van der Waals surface area contributed by atoms with Gasteiger partial charge in [0, 0.05) is 17.5 Å². The van der Waals surface area contributed by atoms with Crippen molar-refractivity contribution in [3.8, 4) is 0 Å². The molecule has 0 saturated carbocycles. The first-order valence-corrected chi connectivity index (χ1v) is 6.37. The zero-order valence-corrected chi connectivity index (χ0v) is 11.2. The first-order valence-electron chi connectivity index (χ1n) is 5.17. The molecular weight excluding hydrogens is 268 g/mol. The molecule has 0 unspecified atom stereocenters. The van der Waals surface area contributed by atoms with Crippen molar-refractivity contribution in [1.29, 1.82) is 5.41 Å². The fraction of sp³-hybridized carbons (Fsp3) is 0.0833. The number of hydrogen-bond donors (Lipinski definition) is 2. The number of aryl methyl sites for hydroxylation is 1. The molecule has 0 atom stereocenters. The molecular formula is C12H11ClN4S. The normalized spacial score (nSPS) is 10.3. The van der Waals surface area contributed by atoms with Gasteiger partial charge in [-0.05, 0) is 43.0 Å². The van der Waals surface area contributed by atoms with Crippen LogP contribution in [0.3, 0.4) is 0 Å². The van der Waals surface area contributed by atoms with Crippen LogP contribution in [-0.4, -0.2) is 15.8 Å². The molecule has 0 radical (unpaired) electrons. The van der Waals surface area contributed by atoms with E-state index in [2.05, 4.69) is 9.97 Å². The number of hydrogen-bond acceptors (Lipinski definition) is 4. The van der Waals surface area contributed by atoms with Crippen molar-refractivity contribution in [3.63, 3.8) is 0 Å². The second-order valence-electron chi connectivity index (χ2n) is 3.64. The van der Waals surface area contributed by atoms with Gasteiger partial charge >= 0.3 is 0 Å². The summed E-state index contributed by atoms with van der Waals surface area (Å²) in [6.07, 6.45) is 1.58. The number of rotatable bonds is 3. The van der Waals surface area contributed by atoms with Crippen molar-refractivity contribution in [2.75, 3.05) is 0 Å². The number of aromatic nitrogens is 2.